The highest BCUT2D eigenvalue weighted by atomic mass is 16.5. The highest BCUT2D eigenvalue weighted by molar-refractivity contribution is 5.58. The zero-order chi connectivity index (χ0) is 12.1. The van der Waals surface area contributed by atoms with Crippen LogP contribution in [0.25, 0.3) is 11.3 Å². The van der Waals surface area contributed by atoms with Crippen molar-refractivity contribution in [2.24, 2.45) is 0 Å². The number of ether oxygens (including phenoxy) is 2. The molecule has 1 aromatic carbocycles. The molecule has 88 valence electrons. The fraction of sp³-hybridized carbons (Fsp3) is 0.154. The summed E-state index contributed by atoms with van der Waals surface area (Å²) in [6.45, 7) is 0.551. The molecule has 17 heavy (non-hydrogen) atoms. The Labute approximate surface area is 98.8 Å². The number of hydrogen-bond acceptors (Lipinski definition) is 4. The third-order valence-corrected chi connectivity index (χ3v) is 2.33. The van der Waals surface area contributed by atoms with Crippen molar-refractivity contribution in [1.29, 1.82) is 0 Å². The highest BCUT2D eigenvalue weighted by Crippen LogP contribution is 2.24. The predicted octanol–water partition coefficient (Wildman–Crippen LogP) is 2.63. The molecule has 0 saturated carbocycles. The molecule has 0 N–H and O–H groups in total. The normalized spacial score (nSPS) is 9.94. The van der Waals surface area contributed by atoms with Gasteiger partial charge in [-0.05, 0) is 36.4 Å². The van der Waals surface area contributed by atoms with Crippen LogP contribution in [0.2, 0.25) is 0 Å². The predicted molar refractivity (Wildman–Crippen MR) is 61.5 cm³/mol. The Morgan fingerprint density at radius 1 is 1.18 bits per heavy atom. The zero-order valence-electron chi connectivity index (χ0n) is 9.38. The first-order chi connectivity index (χ1) is 8.33. The Kier molecular flexibility index (Phi) is 3.45. The summed E-state index contributed by atoms with van der Waals surface area (Å²) >= 11 is 0. The summed E-state index contributed by atoms with van der Waals surface area (Å²) in [7, 11) is 1.62. The molecule has 0 aliphatic rings. The topological polar surface area (TPSA) is 48.7 Å². The van der Waals surface area contributed by atoms with Gasteiger partial charge < -0.3 is 13.9 Å². The van der Waals surface area contributed by atoms with E-state index in [2.05, 4.69) is 4.74 Å². The molecule has 2 rings (SSSR count). The summed E-state index contributed by atoms with van der Waals surface area (Å²) in [4.78, 5) is 10.0. The lowest BCUT2D eigenvalue weighted by atomic mass is 10.2. The van der Waals surface area contributed by atoms with Gasteiger partial charge in [-0.3, -0.25) is 4.79 Å². The first-order valence-corrected chi connectivity index (χ1v) is 5.12. The molecular formula is C13H12O4. The van der Waals surface area contributed by atoms with Crippen molar-refractivity contribution in [2.75, 3.05) is 7.11 Å². The van der Waals surface area contributed by atoms with Crippen LogP contribution in [0.1, 0.15) is 5.76 Å². The van der Waals surface area contributed by atoms with Gasteiger partial charge in [0.05, 0.1) is 7.11 Å². The minimum atomic E-state index is 0.152. The molecule has 0 radical (unpaired) electrons. The van der Waals surface area contributed by atoms with Crippen LogP contribution in [0, 0.1) is 0 Å². The Morgan fingerprint density at radius 3 is 2.59 bits per heavy atom. The smallest absolute Gasteiger partial charge is 0.293 e. The third-order valence-electron chi connectivity index (χ3n) is 2.33. The largest absolute Gasteiger partial charge is 0.497 e. The summed E-state index contributed by atoms with van der Waals surface area (Å²) in [6.07, 6.45) is 0. The van der Waals surface area contributed by atoms with E-state index in [9.17, 15) is 4.79 Å². The molecule has 0 amide bonds. The molecule has 0 unspecified atom stereocenters. The van der Waals surface area contributed by atoms with E-state index in [-0.39, 0.29) is 6.61 Å². The lowest BCUT2D eigenvalue weighted by molar-refractivity contribution is -0.130. The second-order valence-corrected chi connectivity index (χ2v) is 3.40. The van der Waals surface area contributed by atoms with Crippen LogP contribution in [0.3, 0.4) is 0 Å². The van der Waals surface area contributed by atoms with Crippen LogP contribution in [-0.2, 0) is 16.1 Å². The summed E-state index contributed by atoms with van der Waals surface area (Å²) < 4.78 is 15.2. The maximum absolute atomic E-state index is 10.0. The molecule has 0 bridgehead atoms. The molecule has 4 nitrogen and oxygen atoms in total. The van der Waals surface area contributed by atoms with Gasteiger partial charge in [-0.2, -0.15) is 0 Å². The van der Waals surface area contributed by atoms with Crippen molar-refractivity contribution in [3.05, 3.63) is 42.2 Å². The SMILES string of the molecule is COc1ccc(-c2ccc(COC=O)o2)cc1. The van der Waals surface area contributed by atoms with Gasteiger partial charge in [-0.15, -0.1) is 0 Å². The zero-order valence-corrected chi connectivity index (χ0v) is 9.38. The van der Waals surface area contributed by atoms with Crippen LogP contribution < -0.4 is 4.74 Å². The van der Waals surface area contributed by atoms with E-state index >= 15 is 0 Å². The molecule has 0 saturated heterocycles. The highest BCUT2D eigenvalue weighted by Gasteiger charge is 2.05. The number of carbonyl (C=O) groups is 1. The van der Waals surface area contributed by atoms with E-state index in [1.165, 1.54) is 0 Å². The van der Waals surface area contributed by atoms with Gasteiger partial charge >= 0.3 is 0 Å². The summed E-state index contributed by atoms with van der Waals surface area (Å²) in [5.41, 5.74) is 0.947. The van der Waals surface area contributed by atoms with E-state index in [1.54, 1.807) is 13.2 Å². The first-order valence-electron chi connectivity index (χ1n) is 5.12. The number of carbonyl (C=O) groups excluding carboxylic acids is 1. The van der Waals surface area contributed by atoms with Gasteiger partial charge in [-0.25, -0.2) is 0 Å². The van der Waals surface area contributed by atoms with Crippen molar-refractivity contribution in [3.63, 3.8) is 0 Å². The quantitative estimate of drug-likeness (QED) is 0.743. The molecule has 2 aromatic rings. The summed E-state index contributed by atoms with van der Waals surface area (Å²) in [5, 5.41) is 0. The Balaban J connectivity index is 2.15. The van der Waals surface area contributed by atoms with Crippen LogP contribution in [-0.4, -0.2) is 13.6 Å². The van der Waals surface area contributed by atoms with Gasteiger partial charge in [0, 0.05) is 5.56 Å². The van der Waals surface area contributed by atoms with E-state index in [1.807, 2.05) is 30.3 Å². The van der Waals surface area contributed by atoms with E-state index in [0.29, 0.717) is 12.2 Å². The summed E-state index contributed by atoms with van der Waals surface area (Å²) in [6, 6.07) is 11.2. The van der Waals surface area contributed by atoms with Crippen LogP contribution in [0.15, 0.2) is 40.8 Å². The Bertz CT molecular complexity index is 484. The molecule has 4 heteroatoms. The van der Waals surface area contributed by atoms with E-state index in [4.69, 9.17) is 9.15 Å². The molecule has 0 aliphatic heterocycles. The van der Waals surface area contributed by atoms with Crippen LogP contribution in [0.5, 0.6) is 5.75 Å². The average molecular weight is 232 g/mol. The van der Waals surface area contributed by atoms with Crippen LogP contribution in [0.4, 0.5) is 0 Å². The standard InChI is InChI=1S/C13H12O4/c1-15-11-4-2-10(3-5-11)13-7-6-12(17-13)8-16-9-14/h2-7,9H,8H2,1H3. The van der Waals surface area contributed by atoms with Crippen molar-refractivity contribution in [3.8, 4) is 17.1 Å². The van der Waals surface area contributed by atoms with Crippen molar-refractivity contribution < 1.29 is 18.7 Å². The minimum absolute atomic E-state index is 0.152. The van der Waals surface area contributed by atoms with Gasteiger partial charge in [-0.1, -0.05) is 0 Å². The number of hydrogen-bond donors (Lipinski definition) is 0. The van der Waals surface area contributed by atoms with E-state index < -0.39 is 0 Å². The first kappa shape index (κ1) is 11.3. The maximum Gasteiger partial charge on any atom is 0.293 e. The summed E-state index contributed by atoms with van der Waals surface area (Å²) in [5.74, 6) is 2.14. The molecule has 1 heterocycles. The lowest BCUT2D eigenvalue weighted by Crippen LogP contribution is -1.86. The average Bonchev–Trinajstić information content (AvgIpc) is 2.85. The van der Waals surface area contributed by atoms with Gasteiger partial charge in [0.15, 0.2) is 0 Å². The molecule has 0 spiro atoms. The van der Waals surface area contributed by atoms with Crippen molar-refractivity contribution >= 4 is 6.47 Å². The molecule has 0 fully saturated rings. The van der Waals surface area contributed by atoms with E-state index in [0.717, 1.165) is 17.1 Å². The lowest BCUT2D eigenvalue weighted by Gasteiger charge is -2.00. The van der Waals surface area contributed by atoms with Gasteiger partial charge in [0.2, 0.25) is 0 Å². The minimum Gasteiger partial charge on any atom is -0.497 e. The number of furan rings is 1. The monoisotopic (exact) mass is 232 g/mol. The van der Waals surface area contributed by atoms with Crippen molar-refractivity contribution in [1.82, 2.24) is 0 Å². The third kappa shape index (κ3) is 2.66. The number of benzene rings is 1. The second-order valence-electron chi connectivity index (χ2n) is 3.40. The number of rotatable bonds is 5. The molecule has 0 atom stereocenters. The number of methoxy groups -OCH3 is 1. The van der Waals surface area contributed by atoms with Gasteiger partial charge in [0.25, 0.3) is 6.47 Å². The molecule has 1 aromatic heterocycles. The fourth-order valence-corrected chi connectivity index (χ4v) is 1.48. The molecular weight excluding hydrogens is 220 g/mol. The van der Waals surface area contributed by atoms with Crippen molar-refractivity contribution in [2.45, 2.75) is 6.61 Å². The Morgan fingerprint density at radius 2 is 1.94 bits per heavy atom. The Hall–Kier alpha value is -2.23. The fourth-order valence-electron chi connectivity index (χ4n) is 1.48. The maximum atomic E-state index is 10.0. The molecule has 0 aliphatic carbocycles. The van der Waals surface area contributed by atoms with Gasteiger partial charge in [0.1, 0.15) is 23.9 Å². The second kappa shape index (κ2) is 5.21. The van der Waals surface area contributed by atoms with Crippen LogP contribution >= 0.6 is 0 Å².